The zero-order valence-electron chi connectivity index (χ0n) is 10.3. The van der Waals surface area contributed by atoms with Crippen LogP contribution in [0.1, 0.15) is 16.2 Å². The number of aliphatic imine (C=N–C) groups is 1. The van der Waals surface area contributed by atoms with E-state index in [0.29, 0.717) is 0 Å². The summed E-state index contributed by atoms with van der Waals surface area (Å²) in [6, 6.07) is 3.10. The van der Waals surface area contributed by atoms with Gasteiger partial charge in [-0.1, -0.05) is 0 Å². The Bertz CT molecular complexity index is 748. The Hall–Kier alpha value is -3.23. The predicted octanol–water partition coefficient (Wildman–Crippen LogP) is 1.97. The average molecular weight is 290 g/mol. The summed E-state index contributed by atoms with van der Waals surface area (Å²) >= 11 is 0. The number of rotatable bonds is 4. The van der Waals surface area contributed by atoms with Crippen molar-refractivity contribution in [3.8, 4) is 0 Å². The van der Waals surface area contributed by atoms with Crippen molar-refractivity contribution in [3.05, 3.63) is 57.9 Å². The molecule has 0 radical (unpaired) electrons. The van der Waals surface area contributed by atoms with Gasteiger partial charge in [0, 0.05) is 12.1 Å². The van der Waals surface area contributed by atoms with Crippen molar-refractivity contribution in [2.24, 2.45) is 4.99 Å². The molecule has 8 nitrogen and oxygen atoms in total. The lowest BCUT2D eigenvalue weighted by molar-refractivity contribution is -0.385. The van der Waals surface area contributed by atoms with E-state index < -0.39 is 22.4 Å². The quantitative estimate of drug-likeness (QED) is 0.522. The Labute approximate surface area is 116 Å². The fourth-order valence-electron chi connectivity index (χ4n) is 1.44. The summed E-state index contributed by atoms with van der Waals surface area (Å²) in [7, 11) is 0. The standard InChI is InChI=1S/C12H7FN4O4/c13-7-3-8(5-14-4-7)15-6-10-11(17(20)21)2-1-9(16-10)12(18)19/h1-6H,(H,18,19). The van der Waals surface area contributed by atoms with E-state index in [1.165, 1.54) is 6.20 Å². The minimum absolute atomic E-state index is 0.117. The molecule has 2 rings (SSSR count). The van der Waals surface area contributed by atoms with Gasteiger partial charge in [0.05, 0.1) is 29.2 Å². The lowest BCUT2D eigenvalue weighted by Gasteiger charge is -1.99. The smallest absolute Gasteiger partial charge is 0.354 e. The van der Waals surface area contributed by atoms with Gasteiger partial charge in [0.2, 0.25) is 0 Å². The van der Waals surface area contributed by atoms with Gasteiger partial charge in [-0.2, -0.15) is 0 Å². The molecule has 0 atom stereocenters. The number of pyridine rings is 2. The number of carboxylic acids is 1. The van der Waals surface area contributed by atoms with Crippen LogP contribution in [0, 0.1) is 15.9 Å². The molecule has 0 spiro atoms. The maximum absolute atomic E-state index is 12.9. The van der Waals surface area contributed by atoms with Gasteiger partial charge >= 0.3 is 5.97 Å². The van der Waals surface area contributed by atoms with Crippen molar-refractivity contribution in [2.45, 2.75) is 0 Å². The first kappa shape index (κ1) is 14.2. The number of carboxylic acid groups (broad SMARTS) is 1. The summed E-state index contributed by atoms with van der Waals surface area (Å²) < 4.78 is 12.9. The Balaban J connectivity index is 2.43. The second-order valence-corrected chi connectivity index (χ2v) is 3.78. The number of hydrogen-bond acceptors (Lipinski definition) is 6. The molecule has 21 heavy (non-hydrogen) atoms. The van der Waals surface area contributed by atoms with Crippen molar-refractivity contribution in [3.63, 3.8) is 0 Å². The van der Waals surface area contributed by atoms with Crippen molar-refractivity contribution in [1.29, 1.82) is 0 Å². The minimum atomic E-state index is -1.33. The highest BCUT2D eigenvalue weighted by Gasteiger charge is 2.16. The van der Waals surface area contributed by atoms with E-state index >= 15 is 0 Å². The molecule has 0 saturated carbocycles. The molecule has 0 aromatic carbocycles. The molecule has 0 saturated heterocycles. The summed E-state index contributed by atoms with van der Waals surface area (Å²) in [6.07, 6.45) is 3.21. The molecule has 2 aromatic rings. The molecule has 106 valence electrons. The SMILES string of the molecule is O=C(O)c1ccc([N+](=O)[O-])c(C=Nc2cncc(F)c2)n1. The van der Waals surface area contributed by atoms with Crippen molar-refractivity contribution < 1.29 is 19.2 Å². The van der Waals surface area contributed by atoms with Crippen LogP contribution in [-0.2, 0) is 0 Å². The molecule has 0 amide bonds. The molecular formula is C12H7FN4O4. The number of halogens is 1. The fraction of sp³-hybridized carbons (Fsp3) is 0. The topological polar surface area (TPSA) is 119 Å². The normalized spacial score (nSPS) is 10.7. The number of nitrogens with zero attached hydrogens (tertiary/aromatic N) is 4. The zero-order valence-corrected chi connectivity index (χ0v) is 10.3. The van der Waals surface area contributed by atoms with Crippen LogP contribution < -0.4 is 0 Å². The zero-order chi connectivity index (χ0) is 15.4. The van der Waals surface area contributed by atoms with E-state index in [9.17, 15) is 19.3 Å². The molecule has 0 aliphatic rings. The Morgan fingerprint density at radius 1 is 1.43 bits per heavy atom. The summed E-state index contributed by atoms with van der Waals surface area (Å²) in [5.41, 5.74) is -0.900. The van der Waals surface area contributed by atoms with Crippen LogP contribution in [0.2, 0.25) is 0 Å². The van der Waals surface area contributed by atoms with Gasteiger partial charge in [0.25, 0.3) is 5.69 Å². The number of hydrogen-bond donors (Lipinski definition) is 1. The molecule has 0 fully saturated rings. The Morgan fingerprint density at radius 2 is 2.19 bits per heavy atom. The first-order valence-electron chi connectivity index (χ1n) is 5.50. The van der Waals surface area contributed by atoms with Crippen LogP contribution in [0.25, 0.3) is 0 Å². The van der Waals surface area contributed by atoms with Gasteiger partial charge in [0.15, 0.2) is 5.69 Å². The van der Waals surface area contributed by atoms with Gasteiger partial charge in [-0.05, 0) is 6.07 Å². The van der Waals surface area contributed by atoms with Gasteiger partial charge in [0.1, 0.15) is 11.5 Å². The van der Waals surface area contributed by atoms with Gasteiger partial charge in [-0.25, -0.2) is 14.2 Å². The van der Waals surface area contributed by atoms with E-state index in [1.54, 1.807) is 0 Å². The van der Waals surface area contributed by atoms with Crippen molar-refractivity contribution in [2.75, 3.05) is 0 Å². The van der Waals surface area contributed by atoms with Crippen LogP contribution in [0.15, 0.2) is 35.6 Å². The van der Waals surface area contributed by atoms with Crippen LogP contribution in [0.4, 0.5) is 15.8 Å². The average Bonchev–Trinajstić information content (AvgIpc) is 2.44. The van der Waals surface area contributed by atoms with E-state index in [4.69, 9.17) is 5.11 Å². The highest BCUT2D eigenvalue weighted by molar-refractivity contribution is 5.90. The van der Waals surface area contributed by atoms with Gasteiger partial charge < -0.3 is 5.11 Å². The summed E-state index contributed by atoms with van der Waals surface area (Å²) in [5.74, 6) is -1.95. The second kappa shape index (κ2) is 5.82. The number of aromatic nitrogens is 2. The van der Waals surface area contributed by atoms with Crippen molar-refractivity contribution in [1.82, 2.24) is 9.97 Å². The molecule has 9 heteroatoms. The lowest BCUT2D eigenvalue weighted by atomic mass is 10.2. The molecule has 0 aliphatic heterocycles. The minimum Gasteiger partial charge on any atom is -0.477 e. The maximum Gasteiger partial charge on any atom is 0.354 e. The molecule has 2 heterocycles. The summed E-state index contributed by atoms with van der Waals surface area (Å²) in [5, 5.41) is 19.7. The fourth-order valence-corrected chi connectivity index (χ4v) is 1.44. The van der Waals surface area contributed by atoms with E-state index in [0.717, 1.165) is 30.6 Å². The number of carbonyl (C=O) groups is 1. The van der Waals surface area contributed by atoms with E-state index in [1.807, 2.05) is 0 Å². The Kier molecular flexibility index (Phi) is 3.93. The second-order valence-electron chi connectivity index (χ2n) is 3.78. The monoisotopic (exact) mass is 290 g/mol. The third-order valence-electron chi connectivity index (χ3n) is 2.34. The highest BCUT2D eigenvalue weighted by atomic mass is 19.1. The lowest BCUT2D eigenvalue weighted by Crippen LogP contribution is -2.05. The van der Waals surface area contributed by atoms with Crippen LogP contribution in [0.3, 0.4) is 0 Å². The van der Waals surface area contributed by atoms with Crippen LogP contribution in [-0.4, -0.2) is 32.2 Å². The largest absolute Gasteiger partial charge is 0.477 e. The first-order chi connectivity index (χ1) is 9.97. The van der Waals surface area contributed by atoms with Crippen molar-refractivity contribution >= 4 is 23.6 Å². The molecule has 0 unspecified atom stereocenters. The number of nitro groups is 1. The van der Waals surface area contributed by atoms with Crippen LogP contribution >= 0.6 is 0 Å². The number of aromatic carboxylic acids is 1. The summed E-state index contributed by atoms with van der Waals surface area (Å²) in [6.45, 7) is 0. The Morgan fingerprint density at radius 3 is 2.81 bits per heavy atom. The third-order valence-corrected chi connectivity index (χ3v) is 2.34. The third kappa shape index (κ3) is 3.41. The molecule has 1 N–H and O–H groups in total. The van der Waals surface area contributed by atoms with Crippen LogP contribution in [0.5, 0.6) is 0 Å². The molecular weight excluding hydrogens is 283 g/mol. The first-order valence-corrected chi connectivity index (χ1v) is 5.50. The highest BCUT2D eigenvalue weighted by Crippen LogP contribution is 2.17. The molecule has 0 aliphatic carbocycles. The van der Waals surface area contributed by atoms with Gasteiger partial charge in [-0.3, -0.25) is 20.1 Å². The predicted molar refractivity (Wildman–Crippen MR) is 69.3 cm³/mol. The summed E-state index contributed by atoms with van der Waals surface area (Å²) in [4.78, 5) is 31.9. The van der Waals surface area contributed by atoms with E-state index in [-0.39, 0.29) is 17.1 Å². The van der Waals surface area contributed by atoms with E-state index in [2.05, 4.69) is 15.0 Å². The molecule has 2 aromatic heterocycles. The maximum atomic E-state index is 12.9. The van der Waals surface area contributed by atoms with Gasteiger partial charge in [-0.15, -0.1) is 0 Å². The molecule has 0 bridgehead atoms.